The predicted octanol–water partition coefficient (Wildman–Crippen LogP) is 4.06. The van der Waals surface area contributed by atoms with Crippen molar-refractivity contribution in [2.75, 3.05) is 7.11 Å². The fourth-order valence-electron chi connectivity index (χ4n) is 1.31. The Hall–Kier alpha value is -0.790. The highest BCUT2D eigenvalue weighted by Gasteiger charge is 2.33. The summed E-state index contributed by atoms with van der Waals surface area (Å²) >= 11 is 0. The summed E-state index contributed by atoms with van der Waals surface area (Å²) < 4.78 is 4.84. The molecule has 17 heavy (non-hydrogen) atoms. The Bertz CT molecular complexity index is 282. The Morgan fingerprint density at radius 1 is 1.00 bits per heavy atom. The number of methoxy groups -OCH3 is 1. The summed E-state index contributed by atoms with van der Waals surface area (Å²) in [5.41, 5.74) is -0.214. The molecule has 0 amide bonds. The molecule has 0 N–H and O–H groups in total. The Morgan fingerprint density at radius 3 is 1.76 bits per heavy atom. The van der Waals surface area contributed by atoms with Crippen molar-refractivity contribution in [2.24, 2.45) is 22.7 Å². The van der Waals surface area contributed by atoms with Crippen LogP contribution in [0.4, 0.5) is 0 Å². The second-order valence-corrected chi connectivity index (χ2v) is 6.54. The Morgan fingerprint density at radius 2 is 1.41 bits per heavy atom. The monoisotopic (exact) mass is 240 g/mol. The van der Waals surface area contributed by atoms with Gasteiger partial charge in [0.05, 0.1) is 12.5 Å². The van der Waals surface area contributed by atoms with Crippen LogP contribution < -0.4 is 0 Å². The number of carbonyl (C=O) groups is 1. The number of rotatable bonds is 4. The topological polar surface area (TPSA) is 26.3 Å². The molecule has 0 spiro atoms. The molecule has 2 unspecified atom stereocenters. The summed E-state index contributed by atoms with van der Waals surface area (Å²) in [6.45, 7) is 14.8. The Kier molecular flexibility index (Phi) is 5.44. The normalized spacial score (nSPS) is 16.9. The fraction of sp³-hybridized carbons (Fsp3) is 0.800. The van der Waals surface area contributed by atoms with E-state index in [1.54, 1.807) is 0 Å². The molecule has 2 heteroatoms. The minimum atomic E-state index is -0.469. The first kappa shape index (κ1) is 16.2. The SMILES string of the molecule is COC(=O)C(C)(C)C(C)/C=C\C(C)C(C)(C)C. The number of esters is 1. The van der Waals surface area contributed by atoms with Crippen LogP contribution >= 0.6 is 0 Å². The van der Waals surface area contributed by atoms with Crippen molar-refractivity contribution in [2.45, 2.75) is 48.5 Å². The minimum Gasteiger partial charge on any atom is -0.469 e. The molecule has 2 atom stereocenters. The van der Waals surface area contributed by atoms with E-state index in [1.165, 1.54) is 7.11 Å². The van der Waals surface area contributed by atoms with Gasteiger partial charge in [0.25, 0.3) is 0 Å². The van der Waals surface area contributed by atoms with E-state index in [4.69, 9.17) is 4.74 Å². The third-order valence-corrected chi connectivity index (χ3v) is 3.90. The molecule has 0 bridgehead atoms. The average molecular weight is 240 g/mol. The molecule has 0 saturated heterocycles. The van der Waals surface area contributed by atoms with E-state index in [9.17, 15) is 4.79 Å². The summed E-state index contributed by atoms with van der Waals surface area (Å²) in [6, 6.07) is 0. The minimum absolute atomic E-state index is 0.155. The van der Waals surface area contributed by atoms with Crippen molar-refractivity contribution in [1.82, 2.24) is 0 Å². The highest BCUT2D eigenvalue weighted by atomic mass is 16.5. The van der Waals surface area contributed by atoms with Gasteiger partial charge >= 0.3 is 5.97 Å². The zero-order chi connectivity index (χ0) is 13.9. The molecule has 0 rings (SSSR count). The molecule has 0 aromatic rings. The van der Waals surface area contributed by atoms with Crippen LogP contribution in [0.2, 0.25) is 0 Å². The van der Waals surface area contributed by atoms with Crippen molar-refractivity contribution < 1.29 is 9.53 Å². The second kappa shape index (κ2) is 5.70. The Balaban J connectivity index is 4.70. The molecule has 0 aliphatic rings. The van der Waals surface area contributed by atoms with Crippen molar-refractivity contribution in [1.29, 1.82) is 0 Å². The number of hydrogen-bond acceptors (Lipinski definition) is 2. The van der Waals surface area contributed by atoms with Crippen LogP contribution in [0.15, 0.2) is 12.2 Å². The van der Waals surface area contributed by atoms with E-state index >= 15 is 0 Å². The summed E-state index contributed by atoms with van der Waals surface area (Å²) in [4.78, 5) is 11.7. The smallest absolute Gasteiger partial charge is 0.311 e. The van der Waals surface area contributed by atoms with Crippen LogP contribution in [-0.2, 0) is 9.53 Å². The molecule has 0 aromatic heterocycles. The predicted molar refractivity (Wildman–Crippen MR) is 72.7 cm³/mol. The molecule has 0 fully saturated rings. The molecule has 0 aliphatic heterocycles. The van der Waals surface area contributed by atoms with Crippen molar-refractivity contribution >= 4 is 5.97 Å². The molecule has 100 valence electrons. The van der Waals surface area contributed by atoms with Gasteiger partial charge in [0.15, 0.2) is 0 Å². The summed E-state index contributed by atoms with van der Waals surface area (Å²) in [7, 11) is 1.44. The van der Waals surface area contributed by atoms with Crippen LogP contribution in [0.5, 0.6) is 0 Å². The molecular formula is C15H28O2. The van der Waals surface area contributed by atoms with Gasteiger partial charge < -0.3 is 4.74 Å². The van der Waals surface area contributed by atoms with Gasteiger partial charge in [-0.2, -0.15) is 0 Å². The van der Waals surface area contributed by atoms with E-state index in [0.29, 0.717) is 5.92 Å². The molecule has 0 heterocycles. The zero-order valence-electron chi connectivity index (χ0n) is 12.6. The number of ether oxygens (including phenoxy) is 1. The second-order valence-electron chi connectivity index (χ2n) is 6.54. The lowest BCUT2D eigenvalue weighted by atomic mass is 9.77. The van der Waals surface area contributed by atoms with E-state index < -0.39 is 5.41 Å². The quantitative estimate of drug-likeness (QED) is 0.547. The number of carbonyl (C=O) groups excluding carboxylic acids is 1. The van der Waals surface area contributed by atoms with Crippen LogP contribution in [-0.4, -0.2) is 13.1 Å². The lowest BCUT2D eigenvalue weighted by Crippen LogP contribution is -2.31. The van der Waals surface area contributed by atoms with Crippen molar-refractivity contribution in [3.63, 3.8) is 0 Å². The van der Waals surface area contributed by atoms with Crippen molar-refractivity contribution in [3.05, 3.63) is 12.2 Å². The summed E-state index contributed by atoms with van der Waals surface area (Å²) in [5, 5.41) is 0. The van der Waals surface area contributed by atoms with E-state index in [0.717, 1.165) is 0 Å². The highest BCUT2D eigenvalue weighted by Crippen LogP contribution is 2.31. The molecule has 0 aromatic carbocycles. The van der Waals surface area contributed by atoms with E-state index in [2.05, 4.69) is 46.8 Å². The van der Waals surface area contributed by atoms with E-state index in [-0.39, 0.29) is 17.3 Å². The van der Waals surface area contributed by atoms with E-state index in [1.807, 2.05) is 13.8 Å². The highest BCUT2D eigenvalue weighted by molar-refractivity contribution is 5.76. The first-order valence-corrected chi connectivity index (χ1v) is 6.30. The van der Waals surface area contributed by atoms with Crippen LogP contribution in [0, 0.1) is 22.7 Å². The first-order valence-electron chi connectivity index (χ1n) is 6.30. The summed E-state index contributed by atoms with van der Waals surface area (Å²) in [6.07, 6.45) is 4.34. The first-order chi connectivity index (χ1) is 7.53. The van der Waals surface area contributed by atoms with Gasteiger partial charge in [-0.1, -0.05) is 46.8 Å². The van der Waals surface area contributed by atoms with Gasteiger partial charge in [-0.3, -0.25) is 4.79 Å². The van der Waals surface area contributed by atoms with Gasteiger partial charge in [0, 0.05) is 0 Å². The lowest BCUT2D eigenvalue weighted by Gasteiger charge is -2.28. The lowest BCUT2D eigenvalue weighted by molar-refractivity contribution is -0.152. The van der Waals surface area contributed by atoms with Crippen LogP contribution in [0.3, 0.4) is 0 Å². The third kappa shape index (κ3) is 4.53. The van der Waals surface area contributed by atoms with Gasteiger partial charge in [0.1, 0.15) is 0 Å². The molecular weight excluding hydrogens is 212 g/mol. The Labute approximate surface area is 106 Å². The maximum absolute atomic E-state index is 11.7. The fourth-order valence-corrected chi connectivity index (χ4v) is 1.31. The summed E-state index contributed by atoms with van der Waals surface area (Å²) in [5.74, 6) is 0.496. The largest absolute Gasteiger partial charge is 0.469 e. The van der Waals surface area contributed by atoms with Gasteiger partial charge in [-0.25, -0.2) is 0 Å². The maximum Gasteiger partial charge on any atom is 0.311 e. The molecule has 2 nitrogen and oxygen atoms in total. The third-order valence-electron chi connectivity index (χ3n) is 3.90. The van der Waals surface area contributed by atoms with Gasteiger partial charge in [-0.05, 0) is 31.1 Å². The average Bonchev–Trinajstić information content (AvgIpc) is 2.22. The van der Waals surface area contributed by atoms with Crippen molar-refractivity contribution in [3.8, 4) is 0 Å². The number of hydrogen-bond donors (Lipinski definition) is 0. The number of allylic oxidation sites excluding steroid dienone is 2. The zero-order valence-corrected chi connectivity index (χ0v) is 12.6. The molecule has 0 radical (unpaired) electrons. The molecule has 0 saturated carbocycles. The standard InChI is InChI=1S/C15H28O2/c1-11(14(3,4)5)9-10-12(2)15(6,7)13(16)17-8/h9-12H,1-8H3/b10-9-. The van der Waals surface area contributed by atoms with Gasteiger partial charge in [0.2, 0.25) is 0 Å². The molecule has 0 aliphatic carbocycles. The van der Waals surface area contributed by atoms with Crippen LogP contribution in [0.1, 0.15) is 48.5 Å². The van der Waals surface area contributed by atoms with Crippen LogP contribution in [0.25, 0.3) is 0 Å². The van der Waals surface area contributed by atoms with Gasteiger partial charge in [-0.15, -0.1) is 0 Å². The maximum atomic E-state index is 11.7.